The minimum atomic E-state index is -4.47. The summed E-state index contributed by atoms with van der Waals surface area (Å²) in [5.41, 5.74) is 1.38. The van der Waals surface area contributed by atoms with Crippen LogP contribution in [0.4, 0.5) is 30.2 Å². The molecule has 144 valence electrons. The molecule has 0 atom stereocenters. The number of rotatable bonds is 2. The maximum absolute atomic E-state index is 13.2. The minimum Gasteiger partial charge on any atom is -0.340 e. The van der Waals surface area contributed by atoms with Crippen molar-refractivity contribution in [2.45, 2.75) is 39.8 Å². The summed E-state index contributed by atoms with van der Waals surface area (Å²) in [6, 6.07) is 11.4. The normalized spacial score (nSPS) is 14.7. The number of carbonyl (C=O) groups is 1. The molecule has 1 N–H and O–H groups in total. The van der Waals surface area contributed by atoms with Crippen LogP contribution in [0.25, 0.3) is 0 Å². The molecule has 2 aromatic rings. The Kier molecular flexibility index (Phi) is 4.93. The minimum absolute atomic E-state index is 0.182. The summed E-state index contributed by atoms with van der Waals surface area (Å²) in [7, 11) is 0. The number of halogens is 3. The smallest absolute Gasteiger partial charge is 0.340 e. The number of carbonyl (C=O) groups excluding carboxylic acids is 1. The molecule has 0 radical (unpaired) electrons. The van der Waals surface area contributed by atoms with Crippen LogP contribution in [0.3, 0.4) is 0 Å². The molecule has 0 aliphatic carbocycles. The van der Waals surface area contributed by atoms with Crippen molar-refractivity contribution in [1.29, 1.82) is 0 Å². The Balaban J connectivity index is 2.09. The van der Waals surface area contributed by atoms with Gasteiger partial charge in [-0.3, -0.25) is 4.79 Å². The summed E-state index contributed by atoms with van der Waals surface area (Å²) >= 11 is 0. The van der Waals surface area contributed by atoms with Gasteiger partial charge in [-0.1, -0.05) is 39.0 Å². The van der Waals surface area contributed by atoms with Crippen molar-refractivity contribution in [1.82, 2.24) is 0 Å². The molecule has 0 fully saturated rings. The molecule has 6 heteroatoms. The number of alkyl halides is 3. The Morgan fingerprint density at radius 1 is 1.04 bits per heavy atom. The van der Waals surface area contributed by atoms with E-state index >= 15 is 0 Å². The Morgan fingerprint density at radius 3 is 2.41 bits per heavy atom. The van der Waals surface area contributed by atoms with Crippen molar-refractivity contribution in [3.63, 3.8) is 0 Å². The van der Waals surface area contributed by atoms with Crippen LogP contribution in [-0.4, -0.2) is 12.5 Å². The third-order valence-corrected chi connectivity index (χ3v) is 4.65. The second-order valence-electron chi connectivity index (χ2n) is 7.82. The van der Waals surface area contributed by atoms with Gasteiger partial charge >= 0.3 is 6.18 Å². The van der Waals surface area contributed by atoms with E-state index in [1.165, 1.54) is 6.07 Å². The molecule has 0 spiro atoms. The lowest BCUT2D eigenvalue weighted by Crippen LogP contribution is -2.30. The lowest BCUT2D eigenvalue weighted by atomic mass is 9.95. The van der Waals surface area contributed by atoms with E-state index in [0.29, 0.717) is 12.2 Å². The highest BCUT2D eigenvalue weighted by Crippen LogP contribution is 2.41. The molecule has 3 rings (SSSR count). The van der Waals surface area contributed by atoms with Crippen molar-refractivity contribution in [2.24, 2.45) is 5.41 Å². The zero-order valence-corrected chi connectivity index (χ0v) is 15.7. The molecule has 1 aliphatic heterocycles. The summed E-state index contributed by atoms with van der Waals surface area (Å²) in [5.74, 6) is -0.326. The number of benzene rings is 2. The van der Waals surface area contributed by atoms with Gasteiger partial charge in [-0.05, 0) is 42.7 Å². The van der Waals surface area contributed by atoms with Crippen LogP contribution in [0, 0.1) is 5.41 Å². The summed E-state index contributed by atoms with van der Waals surface area (Å²) in [5, 5.41) is 2.71. The number of nitrogens with one attached hydrogen (secondary N) is 1. The van der Waals surface area contributed by atoms with E-state index in [4.69, 9.17) is 0 Å². The lowest BCUT2D eigenvalue weighted by molar-refractivity contribution is -0.137. The van der Waals surface area contributed by atoms with Crippen LogP contribution in [-0.2, 0) is 17.4 Å². The first-order valence-corrected chi connectivity index (χ1v) is 8.95. The lowest BCUT2D eigenvalue weighted by Gasteiger charge is -2.33. The molecular formula is C21H23F3N2O. The van der Waals surface area contributed by atoms with Gasteiger partial charge in [-0.25, -0.2) is 0 Å². The Hall–Kier alpha value is -2.50. The van der Waals surface area contributed by atoms with Crippen molar-refractivity contribution in [2.75, 3.05) is 16.8 Å². The maximum Gasteiger partial charge on any atom is 0.416 e. The highest BCUT2D eigenvalue weighted by molar-refractivity contribution is 5.98. The fourth-order valence-corrected chi connectivity index (χ4v) is 3.14. The second-order valence-corrected chi connectivity index (χ2v) is 7.82. The maximum atomic E-state index is 13.2. The fourth-order valence-electron chi connectivity index (χ4n) is 3.14. The van der Waals surface area contributed by atoms with E-state index in [2.05, 4.69) is 5.32 Å². The molecule has 0 unspecified atom stereocenters. The predicted octanol–water partition coefficient (Wildman–Crippen LogP) is 5.77. The van der Waals surface area contributed by atoms with Crippen LogP contribution in [0.15, 0.2) is 42.5 Å². The van der Waals surface area contributed by atoms with Gasteiger partial charge in [-0.2, -0.15) is 13.2 Å². The highest BCUT2D eigenvalue weighted by atomic mass is 19.4. The molecule has 0 saturated carbocycles. The number of amides is 1. The first kappa shape index (κ1) is 19.3. The number of hydrogen-bond acceptors (Lipinski definition) is 2. The van der Waals surface area contributed by atoms with Gasteiger partial charge in [0.15, 0.2) is 0 Å². The second kappa shape index (κ2) is 6.91. The van der Waals surface area contributed by atoms with Gasteiger partial charge < -0.3 is 10.2 Å². The van der Waals surface area contributed by atoms with Crippen LogP contribution in [0.2, 0.25) is 0 Å². The van der Waals surface area contributed by atoms with Gasteiger partial charge in [-0.15, -0.1) is 0 Å². The fraction of sp³-hybridized carbons (Fsp3) is 0.381. The van der Waals surface area contributed by atoms with E-state index < -0.39 is 17.2 Å². The van der Waals surface area contributed by atoms with Crippen molar-refractivity contribution in [3.05, 3.63) is 53.6 Å². The van der Waals surface area contributed by atoms with Gasteiger partial charge in [0.1, 0.15) is 0 Å². The Labute approximate surface area is 157 Å². The standard InChI is InChI=1S/C21H23F3N2O/c1-20(2,3)19(27)25-16-13-15(21(22,23)24)10-11-18(16)26-12-6-8-14-7-4-5-9-17(14)26/h4-5,7,9-11,13H,6,8,12H2,1-3H3,(H,25,27). The molecule has 1 aliphatic rings. The number of anilines is 3. The van der Waals surface area contributed by atoms with Crippen LogP contribution in [0.5, 0.6) is 0 Å². The molecule has 0 aromatic heterocycles. The third kappa shape index (κ3) is 4.10. The summed E-state index contributed by atoms with van der Waals surface area (Å²) in [6.07, 6.45) is -2.65. The van der Waals surface area contributed by atoms with Gasteiger partial charge in [0, 0.05) is 17.6 Å². The molecule has 27 heavy (non-hydrogen) atoms. The number of fused-ring (bicyclic) bond motifs is 1. The van der Waals surface area contributed by atoms with Crippen molar-refractivity contribution < 1.29 is 18.0 Å². The van der Waals surface area contributed by atoms with Crippen LogP contribution in [0.1, 0.15) is 38.3 Å². The third-order valence-electron chi connectivity index (χ3n) is 4.65. The topological polar surface area (TPSA) is 32.3 Å². The van der Waals surface area contributed by atoms with E-state index in [9.17, 15) is 18.0 Å². The zero-order chi connectivity index (χ0) is 19.8. The Morgan fingerprint density at radius 2 is 1.74 bits per heavy atom. The van der Waals surface area contributed by atoms with Gasteiger partial charge in [0.05, 0.1) is 16.9 Å². The quantitative estimate of drug-likeness (QED) is 0.721. The monoisotopic (exact) mass is 376 g/mol. The number of para-hydroxylation sites is 1. The van der Waals surface area contributed by atoms with E-state index in [0.717, 1.165) is 36.2 Å². The zero-order valence-electron chi connectivity index (χ0n) is 15.7. The van der Waals surface area contributed by atoms with Crippen molar-refractivity contribution >= 4 is 23.0 Å². The number of aryl methyl sites for hydroxylation is 1. The van der Waals surface area contributed by atoms with Crippen molar-refractivity contribution in [3.8, 4) is 0 Å². The average molecular weight is 376 g/mol. The highest BCUT2D eigenvalue weighted by Gasteiger charge is 2.33. The molecular weight excluding hydrogens is 353 g/mol. The molecule has 3 nitrogen and oxygen atoms in total. The Bertz CT molecular complexity index is 853. The SMILES string of the molecule is CC(C)(C)C(=O)Nc1cc(C(F)(F)F)ccc1N1CCCc2ccccc21. The molecule has 0 saturated heterocycles. The molecule has 1 heterocycles. The number of nitrogens with zero attached hydrogens (tertiary/aromatic N) is 1. The largest absolute Gasteiger partial charge is 0.416 e. The van der Waals surface area contributed by atoms with E-state index in [1.807, 2.05) is 29.2 Å². The first-order valence-electron chi connectivity index (χ1n) is 8.95. The summed E-state index contributed by atoms with van der Waals surface area (Å²) < 4.78 is 39.7. The summed E-state index contributed by atoms with van der Waals surface area (Å²) in [4.78, 5) is 14.4. The van der Waals surface area contributed by atoms with E-state index in [-0.39, 0.29) is 11.6 Å². The first-order chi connectivity index (χ1) is 12.6. The van der Waals surface area contributed by atoms with Crippen LogP contribution >= 0.6 is 0 Å². The molecule has 1 amide bonds. The average Bonchev–Trinajstić information content (AvgIpc) is 2.59. The molecule has 2 aromatic carbocycles. The van der Waals surface area contributed by atoms with Crippen LogP contribution < -0.4 is 10.2 Å². The van der Waals surface area contributed by atoms with Gasteiger partial charge in [0.2, 0.25) is 5.91 Å². The summed E-state index contributed by atoms with van der Waals surface area (Å²) in [6.45, 7) is 5.87. The van der Waals surface area contributed by atoms with Gasteiger partial charge in [0.25, 0.3) is 0 Å². The molecule has 0 bridgehead atoms. The predicted molar refractivity (Wildman–Crippen MR) is 101 cm³/mol. The number of hydrogen-bond donors (Lipinski definition) is 1. The van der Waals surface area contributed by atoms with E-state index in [1.54, 1.807) is 20.8 Å².